The summed E-state index contributed by atoms with van der Waals surface area (Å²) in [6.45, 7) is 4.10. The van der Waals surface area contributed by atoms with Gasteiger partial charge in [0.2, 0.25) is 5.91 Å². The van der Waals surface area contributed by atoms with Gasteiger partial charge in [0.05, 0.1) is 0 Å². The van der Waals surface area contributed by atoms with Gasteiger partial charge in [0.25, 0.3) is 0 Å². The molecule has 1 aromatic rings. The predicted molar refractivity (Wildman–Crippen MR) is 106 cm³/mol. The molecule has 134 valence electrons. The largest absolute Gasteiger partial charge is 0.332 e. The van der Waals surface area contributed by atoms with Crippen LogP contribution in [0.3, 0.4) is 0 Å². The van der Waals surface area contributed by atoms with Gasteiger partial charge < -0.3 is 10.6 Å². The lowest BCUT2D eigenvalue weighted by Crippen LogP contribution is -2.48. The molecule has 4 bridgehead atoms. The number of aryl methyl sites for hydroxylation is 2. The third-order valence-corrected chi connectivity index (χ3v) is 6.80. The Balaban J connectivity index is 1.36. The smallest absolute Gasteiger partial charge is 0.226 e. The van der Waals surface area contributed by atoms with Crippen molar-refractivity contribution >= 4 is 28.9 Å². The zero-order valence-corrected chi connectivity index (χ0v) is 16.0. The molecule has 0 saturated heterocycles. The maximum absolute atomic E-state index is 12.6. The molecule has 1 aromatic carbocycles. The van der Waals surface area contributed by atoms with E-state index in [2.05, 4.69) is 35.8 Å². The first-order valence-electron chi connectivity index (χ1n) is 9.59. The summed E-state index contributed by atoms with van der Waals surface area (Å²) >= 11 is 5.38. The topological polar surface area (TPSA) is 41.1 Å². The summed E-state index contributed by atoms with van der Waals surface area (Å²) in [7, 11) is 0. The lowest BCUT2D eigenvalue weighted by molar-refractivity contribution is -0.127. The van der Waals surface area contributed by atoms with Crippen LogP contribution in [0.2, 0.25) is 0 Å². The average molecular weight is 357 g/mol. The summed E-state index contributed by atoms with van der Waals surface area (Å²) in [6.07, 6.45) is 8.64. The SMILES string of the molecule is Cc1ccc(C)c(NC(=S)NC(=O)CC23CC4CC(CC(C4)C2)C3)c1. The molecule has 0 aliphatic heterocycles. The molecular weight excluding hydrogens is 328 g/mol. The van der Waals surface area contributed by atoms with Crippen molar-refractivity contribution in [2.24, 2.45) is 23.2 Å². The standard InChI is InChI=1S/C21H28N2OS/c1-13-3-4-14(2)18(5-13)22-20(25)23-19(24)12-21-9-15-6-16(10-21)8-17(7-15)11-21/h3-5,15-17H,6-12H2,1-2H3,(H2,22,23,24,25). The summed E-state index contributed by atoms with van der Waals surface area (Å²) in [5.41, 5.74) is 3.53. The highest BCUT2D eigenvalue weighted by Crippen LogP contribution is 2.61. The van der Waals surface area contributed by atoms with E-state index in [1.807, 2.05) is 6.92 Å². The zero-order valence-electron chi connectivity index (χ0n) is 15.2. The van der Waals surface area contributed by atoms with Crippen molar-refractivity contribution in [3.05, 3.63) is 29.3 Å². The minimum absolute atomic E-state index is 0.0877. The number of carbonyl (C=O) groups excluding carboxylic acids is 1. The maximum Gasteiger partial charge on any atom is 0.226 e. The Hall–Kier alpha value is -1.42. The highest BCUT2D eigenvalue weighted by atomic mass is 32.1. The molecule has 0 spiro atoms. The van der Waals surface area contributed by atoms with Gasteiger partial charge in [0.1, 0.15) is 0 Å². The fourth-order valence-corrected chi connectivity index (χ4v) is 6.27. The number of nitrogens with one attached hydrogen (secondary N) is 2. The summed E-state index contributed by atoms with van der Waals surface area (Å²) < 4.78 is 0. The Morgan fingerprint density at radius 1 is 1.12 bits per heavy atom. The first kappa shape index (κ1) is 17.0. The Labute approximate surface area is 156 Å². The van der Waals surface area contributed by atoms with Gasteiger partial charge >= 0.3 is 0 Å². The fourth-order valence-electron chi connectivity index (χ4n) is 6.04. The van der Waals surface area contributed by atoms with E-state index < -0.39 is 0 Å². The molecule has 5 rings (SSSR count). The van der Waals surface area contributed by atoms with Gasteiger partial charge in [0, 0.05) is 12.1 Å². The average Bonchev–Trinajstić information content (AvgIpc) is 2.48. The third kappa shape index (κ3) is 3.59. The summed E-state index contributed by atoms with van der Waals surface area (Å²) in [5.74, 6) is 2.71. The van der Waals surface area contributed by atoms with Crippen molar-refractivity contribution in [3.63, 3.8) is 0 Å². The van der Waals surface area contributed by atoms with Crippen molar-refractivity contribution in [3.8, 4) is 0 Å². The first-order chi connectivity index (χ1) is 11.9. The number of benzene rings is 1. The molecule has 2 N–H and O–H groups in total. The van der Waals surface area contributed by atoms with E-state index in [4.69, 9.17) is 12.2 Å². The number of anilines is 1. The van der Waals surface area contributed by atoms with Crippen molar-refractivity contribution < 1.29 is 4.79 Å². The van der Waals surface area contributed by atoms with Gasteiger partial charge in [0.15, 0.2) is 5.11 Å². The molecule has 1 amide bonds. The van der Waals surface area contributed by atoms with Crippen LogP contribution >= 0.6 is 12.2 Å². The van der Waals surface area contributed by atoms with Crippen LogP contribution in [-0.2, 0) is 4.79 Å². The van der Waals surface area contributed by atoms with Crippen LogP contribution in [0.5, 0.6) is 0 Å². The van der Waals surface area contributed by atoms with Crippen molar-refractivity contribution in [1.82, 2.24) is 5.32 Å². The Kier molecular flexibility index (Phi) is 4.35. The number of carbonyl (C=O) groups is 1. The van der Waals surface area contributed by atoms with E-state index in [1.165, 1.54) is 44.1 Å². The van der Waals surface area contributed by atoms with Gasteiger partial charge in [-0.3, -0.25) is 4.79 Å². The van der Waals surface area contributed by atoms with Crippen LogP contribution in [-0.4, -0.2) is 11.0 Å². The van der Waals surface area contributed by atoms with Crippen LogP contribution in [0.4, 0.5) is 5.69 Å². The molecule has 25 heavy (non-hydrogen) atoms. The van der Waals surface area contributed by atoms with E-state index in [0.29, 0.717) is 11.5 Å². The molecule has 0 atom stereocenters. The molecule has 4 aliphatic rings. The summed E-state index contributed by atoms with van der Waals surface area (Å²) in [6, 6.07) is 6.21. The second-order valence-corrected chi connectivity index (χ2v) is 9.32. The third-order valence-electron chi connectivity index (χ3n) is 6.59. The van der Waals surface area contributed by atoms with Crippen molar-refractivity contribution in [2.45, 2.75) is 58.8 Å². The number of hydrogen-bond acceptors (Lipinski definition) is 2. The van der Waals surface area contributed by atoms with E-state index in [0.717, 1.165) is 29.0 Å². The second kappa shape index (κ2) is 6.39. The van der Waals surface area contributed by atoms with Gasteiger partial charge in [-0.2, -0.15) is 0 Å². The Bertz CT molecular complexity index is 677. The quantitative estimate of drug-likeness (QED) is 0.770. The van der Waals surface area contributed by atoms with Gasteiger partial charge in [-0.25, -0.2) is 0 Å². The second-order valence-electron chi connectivity index (χ2n) is 8.92. The van der Waals surface area contributed by atoms with E-state index in [1.54, 1.807) is 0 Å². The molecule has 4 heteroatoms. The minimum Gasteiger partial charge on any atom is -0.332 e. The Morgan fingerprint density at radius 2 is 1.72 bits per heavy atom. The molecule has 0 radical (unpaired) electrons. The highest BCUT2D eigenvalue weighted by molar-refractivity contribution is 7.80. The highest BCUT2D eigenvalue weighted by Gasteiger charge is 2.51. The molecule has 3 nitrogen and oxygen atoms in total. The zero-order chi connectivity index (χ0) is 17.6. The van der Waals surface area contributed by atoms with Gasteiger partial charge in [-0.1, -0.05) is 12.1 Å². The van der Waals surface area contributed by atoms with Crippen molar-refractivity contribution in [1.29, 1.82) is 0 Å². The van der Waals surface area contributed by atoms with Crippen LogP contribution in [0.1, 0.15) is 56.1 Å². The lowest BCUT2D eigenvalue weighted by atomic mass is 9.49. The van der Waals surface area contributed by atoms with E-state index in [-0.39, 0.29) is 11.3 Å². The molecule has 4 aliphatic carbocycles. The van der Waals surface area contributed by atoms with Gasteiger partial charge in [-0.05, 0) is 105 Å². The first-order valence-corrected chi connectivity index (χ1v) is 10.00. The van der Waals surface area contributed by atoms with Gasteiger partial charge in [-0.15, -0.1) is 0 Å². The number of hydrogen-bond donors (Lipinski definition) is 2. The molecule has 0 heterocycles. The Morgan fingerprint density at radius 3 is 2.32 bits per heavy atom. The van der Waals surface area contributed by atoms with E-state index >= 15 is 0 Å². The minimum atomic E-state index is 0.0877. The normalized spacial score (nSPS) is 32.5. The van der Waals surface area contributed by atoms with Crippen LogP contribution < -0.4 is 10.6 Å². The molecule has 0 unspecified atom stereocenters. The van der Waals surface area contributed by atoms with Crippen LogP contribution in [0, 0.1) is 37.0 Å². The number of amides is 1. The molecular formula is C21H28N2OS. The molecule has 4 fully saturated rings. The molecule has 0 aromatic heterocycles. The summed E-state index contributed by atoms with van der Waals surface area (Å²) in [5, 5.41) is 6.54. The monoisotopic (exact) mass is 356 g/mol. The lowest BCUT2D eigenvalue weighted by Gasteiger charge is -2.56. The van der Waals surface area contributed by atoms with E-state index in [9.17, 15) is 4.79 Å². The van der Waals surface area contributed by atoms with Crippen LogP contribution in [0.15, 0.2) is 18.2 Å². The number of rotatable bonds is 3. The predicted octanol–water partition coefficient (Wildman–Crippen LogP) is 4.72. The number of thiocarbonyl (C=S) groups is 1. The molecule has 4 saturated carbocycles. The summed E-state index contributed by atoms with van der Waals surface area (Å²) in [4.78, 5) is 12.6. The maximum atomic E-state index is 12.6. The van der Waals surface area contributed by atoms with Crippen LogP contribution in [0.25, 0.3) is 0 Å². The fraction of sp³-hybridized carbons (Fsp3) is 0.619. The van der Waals surface area contributed by atoms with Crippen molar-refractivity contribution in [2.75, 3.05) is 5.32 Å².